The molecule has 5 nitrogen and oxygen atoms in total. The number of aromatic amines is 1. The molecule has 0 radical (unpaired) electrons. The van der Waals surface area contributed by atoms with Crippen LogP contribution in [0, 0.1) is 5.82 Å². The lowest BCUT2D eigenvalue weighted by Gasteiger charge is -2.11. The second kappa shape index (κ2) is 6.23. The highest BCUT2D eigenvalue weighted by atomic mass is 32.2. The van der Waals surface area contributed by atoms with Crippen molar-refractivity contribution >= 4 is 11.8 Å². The minimum atomic E-state index is -0.291. The van der Waals surface area contributed by atoms with E-state index in [0.717, 1.165) is 10.5 Å². The van der Waals surface area contributed by atoms with Gasteiger partial charge in [0.1, 0.15) is 5.82 Å². The molecule has 0 spiro atoms. The average Bonchev–Trinajstić information content (AvgIpc) is 2.74. The molecule has 0 atom stereocenters. The fourth-order valence-electron chi connectivity index (χ4n) is 1.91. The predicted molar refractivity (Wildman–Crippen MR) is 76.5 cm³/mol. The molecule has 0 saturated heterocycles. The topological polar surface area (TPSA) is 76.7 Å². The molecule has 1 aromatic carbocycles. The Morgan fingerprint density at radius 1 is 1.50 bits per heavy atom. The third kappa shape index (κ3) is 3.10. The van der Waals surface area contributed by atoms with Crippen molar-refractivity contribution in [2.75, 3.05) is 6.54 Å². The molecule has 1 aromatic heterocycles. The predicted octanol–water partition coefficient (Wildman–Crippen LogP) is 1.94. The molecule has 0 aliphatic rings. The van der Waals surface area contributed by atoms with E-state index in [2.05, 4.69) is 10.2 Å². The van der Waals surface area contributed by atoms with Crippen LogP contribution in [0.5, 0.6) is 0 Å². The van der Waals surface area contributed by atoms with Gasteiger partial charge in [0.25, 0.3) is 0 Å². The maximum atomic E-state index is 13.3. The molecule has 0 saturated carbocycles. The number of aromatic nitrogens is 3. The Morgan fingerprint density at radius 3 is 2.90 bits per heavy atom. The van der Waals surface area contributed by atoms with Crippen molar-refractivity contribution in [2.45, 2.75) is 36.4 Å². The third-order valence-corrected chi connectivity index (χ3v) is 3.91. The molecule has 0 unspecified atom stereocenters. The number of halogens is 1. The maximum Gasteiger partial charge on any atom is 0.344 e. The zero-order valence-electron chi connectivity index (χ0n) is 11.4. The molecule has 0 aliphatic carbocycles. The third-order valence-electron chi connectivity index (χ3n) is 2.83. The Labute approximate surface area is 120 Å². The van der Waals surface area contributed by atoms with Crippen molar-refractivity contribution in [3.63, 3.8) is 0 Å². The first-order valence-corrected chi connectivity index (χ1v) is 7.18. The largest absolute Gasteiger partial charge is 0.344 e. The molecule has 20 heavy (non-hydrogen) atoms. The Hall–Kier alpha value is -1.60. The zero-order chi connectivity index (χ0) is 14.7. The van der Waals surface area contributed by atoms with Crippen LogP contribution in [0.25, 0.3) is 0 Å². The molecule has 7 heteroatoms. The molecule has 108 valence electrons. The number of nitrogens with two attached hydrogens (primary N) is 1. The highest BCUT2D eigenvalue weighted by molar-refractivity contribution is 7.99. The van der Waals surface area contributed by atoms with E-state index >= 15 is 0 Å². The lowest BCUT2D eigenvalue weighted by molar-refractivity contribution is 0.534. The minimum absolute atomic E-state index is 0.00200. The van der Waals surface area contributed by atoms with Gasteiger partial charge >= 0.3 is 5.69 Å². The summed E-state index contributed by atoms with van der Waals surface area (Å²) in [6.45, 7) is 4.26. The molecular weight excluding hydrogens is 279 g/mol. The average molecular weight is 296 g/mol. The lowest BCUT2D eigenvalue weighted by Crippen LogP contribution is -2.19. The van der Waals surface area contributed by atoms with Crippen LogP contribution >= 0.6 is 11.8 Å². The van der Waals surface area contributed by atoms with E-state index in [0.29, 0.717) is 18.1 Å². The first-order chi connectivity index (χ1) is 9.52. The second-order valence-electron chi connectivity index (χ2n) is 4.67. The molecule has 0 fully saturated rings. The summed E-state index contributed by atoms with van der Waals surface area (Å²) in [4.78, 5) is 12.5. The van der Waals surface area contributed by atoms with Crippen LogP contribution in [0.3, 0.4) is 0 Å². The van der Waals surface area contributed by atoms with Crippen LogP contribution in [-0.2, 0) is 6.42 Å². The van der Waals surface area contributed by atoms with Gasteiger partial charge in [-0.3, -0.25) is 4.57 Å². The monoisotopic (exact) mass is 296 g/mol. The van der Waals surface area contributed by atoms with Crippen molar-refractivity contribution in [3.8, 4) is 0 Å². The first-order valence-electron chi connectivity index (χ1n) is 6.36. The van der Waals surface area contributed by atoms with E-state index in [-0.39, 0.29) is 17.5 Å². The van der Waals surface area contributed by atoms with Gasteiger partial charge in [-0.05, 0) is 62.3 Å². The van der Waals surface area contributed by atoms with Gasteiger partial charge in [0.2, 0.25) is 0 Å². The number of hydrogen-bond acceptors (Lipinski definition) is 4. The van der Waals surface area contributed by atoms with Crippen LogP contribution in [-0.4, -0.2) is 21.3 Å². The zero-order valence-corrected chi connectivity index (χ0v) is 12.2. The van der Waals surface area contributed by atoms with Crippen LogP contribution in [0.15, 0.2) is 33.0 Å². The van der Waals surface area contributed by atoms with Gasteiger partial charge in [0, 0.05) is 10.9 Å². The quantitative estimate of drug-likeness (QED) is 0.884. The van der Waals surface area contributed by atoms with Gasteiger partial charge in [-0.1, -0.05) is 0 Å². The summed E-state index contributed by atoms with van der Waals surface area (Å²) < 4.78 is 14.9. The van der Waals surface area contributed by atoms with Gasteiger partial charge in [0.05, 0.1) is 0 Å². The van der Waals surface area contributed by atoms with Gasteiger partial charge in [-0.25, -0.2) is 14.3 Å². The minimum Gasteiger partial charge on any atom is -0.330 e. The van der Waals surface area contributed by atoms with Crippen LogP contribution in [0.1, 0.15) is 25.5 Å². The smallest absolute Gasteiger partial charge is 0.330 e. The Kier molecular flexibility index (Phi) is 4.61. The molecule has 0 amide bonds. The van der Waals surface area contributed by atoms with Gasteiger partial charge in [-0.2, -0.15) is 0 Å². The number of rotatable bonds is 5. The molecule has 0 bridgehead atoms. The Balaban J connectivity index is 2.37. The molecule has 1 heterocycles. The van der Waals surface area contributed by atoms with E-state index in [1.54, 1.807) is 10.6 Å². The molecular formula is C13H17FN4OS. The van der Waals surface area contributed by atoms with Crippen molar-refractivity contribution in [3.05, 3.63) is 40.1 Å². The number of nitrogens with zero attached hydrogens (tertiary/aromatic N) is 2. The van der Waals surface area contributed by atoms with Gasteiger partial charge < -0.3 is 5.73 Å². The second-order valence-corrected chi connectivity index (χ2v) is 5.68. The van der Waals surface area contributed by atoms with Crippen molar-refractivity contribution in [1.29, 1.82) is 0 Å². The first kappa shape index (κ1) is 14.8. The molecule has 2 aromatic rings. The van der Waals surface area contributed by atoms with Crippen molar-refractivity contribution in [1.82, 2.24) is 14.8 Å². The van der Waals surface area contributed by atoms with E-state index in [4.69, 9.17) is 5.73 Å². The van der Waals surface area contributed by atoms with E-state index < -0.39 is 0 Å². The molecule has 2 rings (SSSR count). The summed E-state index contributed by atoms with van der Waals surface area (Å²) in [5.74, 6) is -0.291. The number of benzene rings is 1. The van der Waals surface area contributed by atoms with Crippen LogP contribution in [0.2, 0.25) is 0 Å². The number of nitrogens with one attached hydrogen (secondary N) is 1. The van der Waals surface area contributed by atoms with Gasteiger partial charge in [-0.15, -0.1) is 5.10 Å². The highest BCUT2D eigenvalue weighted by Crippen LogP contribution is 2.30. The fourth-order valence-corrected chi connectivity index (χ4v) is 3.02. The normalized spacial score (nSPS) is 11.2. The summed E-state index contributed by atoms with van der Waals surface area (Å²) in [5, 5.41) is 7.02. The number of H-pyrrole nitrogens is 1. The summed E-state index contributed by atoms with van der Waals surface area (Å²) in [7, 11) is 0. The summed E-state index contributed by atoms with van der Waals surface area (Å²) in [5.41, 5.74) is 6.12. The lowest BCUT2D eigenvalue weighted by atomic mass is 10.1. The van der Waals surface area contributed by atoms with Crippen molar-refractivity contribution in [2.24, 2.45) is 5.73 Å². The number of hydrogen-bond donors (Lipinski definition) is 2. The summed E-state index contributed by atoms with van der Waals surface area (Å²) >= 11 is 1.34. The van der Waals surface area contributed by atoms with Crippen molar-refractivity contribution < 1.29 is 4.39 Å². The van der Waals surface area contributed by atoms with E-state index in [1.165, 1.54) is 23.9 Å². The van der Waals surface area contributed by atoms with Gasteiger partial charge in [0.15, 0.2) is 5.16 Å². The molecule has 0 aliphatic heterocycles. The molecule has 3 N–H and O–H groups in total. The summed E-state index contributed by atoms with van der Waals surface area (Å²) in [6, 6.07) is 4.56. The summed E-state index contributed by atoms with van der Waals surface area (Å²) in [6.07, 6.45) is 0.580. The van der Waals surface area contributed by atoms with Crippen LogP contribution < -0.4 is 11.4 Å². The maximum absolute atomic E-state index is 13.3. The van der Waals surface area contributed by atoms with Crippen LogP contribution in [0.4, 0.5) is 4.39 Å². The standard InChI is InChI=1S/C13H17FN4OS/c1-8(2)18-12(19)16-17-13(18)20-11-4-3-10(14)7-9(11)5-6-15/h3-4,7-8H,5-6,15H2,1-2H3,(H,16,19). The van der Waals surface area contributed by atoms with E-state index in [1.807, 2.05) is 13.8 Å². The SMILES string of the molecule is CC(C)n1c(Sc2ccc(F)cc2CCN)n[nH]c1=O. The fraction of sp³-hybridized carbons (Fsp3) is 0.385. The highest BCUT2D eigenvalue weighted by Gasteiger charge is 2.14. The Morgan fingerprint density at radius 2 is 2.25 bits per heavy atom. The Bertz CT molecular complexity index is 650. The van der Waals surface area contributed by atoms with E-state index in [9.17, 15) is 9.18 Å².